The van der Waals surface area contributed by atoms with Gasteiger partial charge in [0.1, 0.15) is 11.4 Å². The number of aromatic nitrogens is 3. The van der Waals surface area contributed by atoms with Crippen LogP contribution in [-0.2, 0) is 0 Å². The van der Waals surface area contributed by atoms with Crippen molar-refractivity contribution >= 4 is 22.6 Å². The van der Waals surface area contributed by atoms with Crippen LogP contribution in [0.2, 0.25) is 0 Å². The summed E-state index contributed by atoms with van der Waals surface area (Å²) in [6, 6.07) is 11.5. The number of benzene rings is 1. The summed E-state index contributed by atoms with van der Waals surface area (Å²) in [4.78, 5) is 33.7. The Hall–Kier alpha value is -3.22. The normalized spacial score (nSPS) is 17.3. The van der Waals surface area contributed by atoms with Crippen LogP contribution in [0.15, 0.2) is 48.8 Å². The van der Waals surface area contributed by atoms with Gasteiger partial charge in [-0.15, -0.1) is 0 Å². The van der Waals surface area contributed by atoms with E-state index in [9.17, 15) is 9.59 Å². The van der Waals surface area contributed by atoms with Crippen LogP contribution in [0.1, 0.15) is 40.2 Å². The Kier molecular flexibility index (Phi) is 5.06. The molecule has 28 heavy (non-hydrogen) atoms. The van der Waals surface area contributed by atoms with E-state index in [-0.39, 0.29) is 17.9 Å². The molecular weight excluding hydrogens is 354 g/mol. The van der Waals surface area contributed by atoms with Crippen molar-refractivity contribution < 1.29 is 9.59 Å². The number of H-pyrrole nitrogens is 1. The number of hydrogen-bond acceptors (Lipinski definition) is 4. The Morgan fingerprint density at radius 2 is 1.96 bits per heavy atom. The Morgan fingerprint density at radius 3 is 2.79 bits per heavy atom. The van der Waals surface area contributed by atoms with Crippen LogP contribution in [0.25, 0.3) is 10.8 Å². The van der Waals surface area contributed by atoms with Gasteiger partial charge in [-0.2, -0.15) is 5.10 Å². The van der Waals surface area contributed by atoms with Crippen molar-refractivity contribution in [2.45, 2.75) is 25.3 Å². The van der Waals surface area contributed by atoms with Gasteiger partial charge >= 0.3 is 0 Å². The number of likely N-dealkylation sites (tertiary alicyclic amines) is 1. The molecule has 1 aliphatic heterocycles. The molecule has 1 N–H and O–H groups in total. The third-order valence-corrected chi connectivity index (χ3v) is 5.46. The molecule has 3 heterocycles. The zero-order chi connectivity index (χ0) is 19.5. The lowest BCUT2D eigenvalue weighted by Gasteiger charge is -2.27. The minimum atomic E-state index is -0.0739. The Balaban J connectivity index is 1.48. The number of carbonyl (C=O) groups is 2. The largest absolute Gasteiger partial charge is 0.337 e. The molecule has 7 nitrogen and oxygen atoms in total. The molecule has 1 aromatic carbocycles. The highest BCUT2D eigenvalue weighted by Gasteiger charge is 2.28. The molecule has 7 heteroatoms. The molecular formula is C21H23N5O2. The van der Waals surface area contributed by atoms with E-state index in [4.69, 9.17) is 0 Å². The molecule has 0 spiro atoms. The lowest BCUT2D eigenvalue weighted by atomic mass is 10.1. The molecule has 1 aliphatic rings. The number of pyridine rings is 1. The van der Waals surface area contributed by atoms with Crippen molar-refractivity contribution in [3.05, 3.63) is 60.2 Å². The van der Waals surface area contributed by atoms with E-state index in [1.807, 2.05) is 42.3 Å². The molecule has 2 aromatic heterocycles. The molecule has 1 saturated heterocycles. The summed E-state index contributed by atoms with van der Waals surface area (Å²) in [5, 5.41) is 8.46. The highest BCUT2D eigenvalue weighted by molar-refractivity contribution is 6.05. The fraction of sp³-hybridized carbons (Fsp3) is 0.333. The zero-order valence-electron chi connectivity index (χ0n) is 15.8. The quantitative estimate of drug-likeness (QED) is 0.761. The number of amides is 2. The van der Waals surface area contributed by atoms with Gasteiger partial charge in [0.2, 0.25) is 0 Å². The maximum Gasteiger partial charge on any atom is 0.273 e. The highest BCUT2D eigenvalue weighted by atomic mass is 16.2. The topological polar surface area (TPSA) is 82.2 Å². The van der Waals surface area contributed by atoms with Gasteiger partial charge < -0.3 is 9.80 Å². The van der Waals surface area contributed by atoms with E-state index >= 15 is 0 Å². The van der Waals surface area contributed by atoms with Gasteiger partial charge in [0, 0.05) is 44.0 Å². The van der Waals surface area contributed by atoms with E-state index < -0.39 is 0 Å². The Labute approximate surface area is 163 Å². The number of nitrogens with one attached hydrogen (secondary N) is 1. The average Bonchev–Trinajstić information content (AvgIpc) is 3.16. The number of fused-ring (bicyclic) bond motifs is 1. The molecule has 0 aliphatic carbocycles. The van der Waals surface area contributed by atoms with E-state index in [0.717, 1.165) is 30.0 Å². The van der Waals surface area contributed by atoms with Crippen molar-refractivity contribution in [2.24, 2.45) is 0 Å². The van der Waals surface area contributed by atoms with Crippen molar-refractivity contribution in [3.8, 4) is 0 Å². The maximum atomic E-state index is 13.1. The second kappa shape index (κ2) is 7.80. The second-order valence-electron chi connectivity index (χ2n) is 7.14. The lowest BCUT2D eigenvalue weighted by molar-refractivity contribution is 0.0706. The van der Waals surface area contributed by atoms with E-state index in [0.29, 0.717) is 24.5 Å². The predicted octanol–water partition coefficient (Wildman–Crippen LogP) is 2.72. The van der Waals surface area contributed by atoms with Crippen LogP contribution >= 0.6 is 0 Å². The Bertz CT molecular complexity index is 980. The van der Waals surface area contributed by atoms with E-state index in [1.165, 1.54) is 0 Å². The smallest absolute Gasteiger partial charge is 0.273 e. The molecule has 1 fully saturated rings. The molecule has 0 unspecified atom stereocenters. The summed E-state index contributed by atoms with van der Waals surface area (Å²) < 4.78 is 0. The zero-order valence-corrected chi connectivity index (χ0v) is 15.8. The number of aromatic amines is 1. The molecule has 3 aromatic rings. The molecule has 2 amide bonds. The average molecular weight is 377 g/mol. The van der Waals surface area contributed by atoms with Crippen LogP contribution in [0.5, 0.6) is 0 Å². The molecule has 0 saturated carbocycles. The minimum Gasteiger partial charge on any atom is -0.337 e. The van der Waals surface area contributed by atoms with E-state index in [2.05, 4.69) is 15.2 Å². The first kappa shape index (κ1) is 18.2. The van der Waals surface area contributed by atoms with Gasteiger partial charge in [-0.25, -0.2) is 0 Å². The molecule has 0 bridgehead atoms. The molecule has 4 rings (SSSR count). The van der Waals surface area contributed by atoms with Crippen LogP contribution in [0, 0.1) is 0 Å². The number of carbonyl (C=O) groups excluding carboxylic acids is 2. The van der Waals surface area contributed by atoms with Crippen molar-refractivity contribution in [1.82, 2.24) is 25.0 Å². The SMILES string of the molecule is CN(C(=O)c1nccc2ccccc12)[C@H]1CCCN(C(=O)c2ccn[nH]2)CC1. The summed E-state index contributed by atoms with van der Waals surface area (Å²) >= 11 is 0. The van der Waals surface area contributed by atoms with Crippen LogP contribution in [-0.4, -0.2) is 63.0 Å². The summed E-state index contributed by atoms with van der Waals surface area (Å²) in [6.07, 6.45) is 5.72. The fourth-order valence-electron chi connectivity index (χ4n) is 3.84. The first-order valence-electron chi connectivity index (χ1n) is 9.54. The standard InChI is InChI=1S/C21H23N5O2/c1-25(21(28)19-17-7-3-2-5-15(17)8-11-22-19)16-6-4-13-26(14-10-16)20(27)18-9-12-23-24-18/h2-3,5,7-9,11-12,16H,4,6,10,13-14H2,1H3,(H,23,24)/t16-/m0/s1. The summed E-state index contributed by atoms with van der Waals surface area (Å²) in [6.45, 7) is 1.30. The summed E-state index contributed by atoms with van der Waals surface area (Å²) in [5.41, 5.74) is 0.984. The van der Waals surface area contributed by atoms with Crippen LogP contribution < -0.4 is 0 Å². The first-order chi connectivity index (χ1) is 13.6. The summed E-state index contributed by atoms with van der Waals surface area (Å²) in [5.74, 6) is -0.113. The molecule has 1 atom stereocenters. The first-order valence-corrected chi connectivity index (χ1v) is 9.54. The van der Waals surface area contributed by atoms with Crippen molar-refractivity contribution in [1.29, 1.82) is 0 Å². The second-order valence-corrected chi connectivity index (χ2v) is 7.14. The molecule has 144 valence electrons. The van der Waals surface area contributed by atoms with Gasteiger partial charge in [-0.1, -0.05) is 24.3 Å². The number of hydrogen-bond donors (Lipinski definition) is 1. The predicted molar refractivity (Wildman–Crippen MR) is 106 cm³/mol. The minimum absolute atomic E-state index is 0.0390. The van der Waals surface area contributed by atoms with Crippen LogP contribution in [0.4, 0.5) is 0 Å². The highest BCUT2D eigenvalue weighted by Crippen LogP contribution is 2.22. The number of rotatable bonds is 3. The third-order valence-electron chi connectivity index (χ3n) is 5.46. The van der Waals surface area contributed by atoms with Crippen molar-refractivity contribution in [3.63, 3.8) is 0 Å². The third kappa shape index (κ3) is 3.47. The van der Waals surface area contributed by atoms with Crippen LogP contribution in [0.3, 0.4) is 0 Å². The van der Waals surface area contributed by atoms with Gasteiger partial charge in [0.25, 0.3) is 11.8 Å². The number of nitrogens with zero attached hydrogens (tertiary/aromatic N) is 4. The molecule has 0 radical (unpaired) electrons. The monoisotopic (exact) mass is 377 g/mol. The van der Waals surface area contributed by atoms with E-state index in [1.54, 1.807) is 23.4 Å². The van der Waals surface area contributed by atoms with Gasteiger partial charge in [-0.3, -0.25) is 19.7 Å². The Morgan fingerprint density at radius 1 is 1.11 bits per heavy atom. The van der Waals surface area contributed by atoms with Gasteiger partial charge in [0.05, 0.1) is 0 Å². The van der Waals surface area contributed by atoms with Crippen molar-refractivity contribution in [2.75, 3.05) is 20.1 Å². The fourth-order valence-corrected chi connectivity index (χ4v) is 3.84. The maximum absolute atomic E-state index is 13.1. The summed E-state index contributed by atoms with van der Waals surface area (Å²) in [7, 11) is 1.84. The lowest BCUT2D eigenvalue weighted by Crippen LogP contribution is -2.39. The van der Waals surface area contributed by atoms with Gasteiger partial charge in [0.15, 0.2) is 0 Å². The van der Waals surface area contributed by atoms with Gasteiger partial charge in [-0.05, 0) is 36.8 Å².